The van der Waals surface area contributed by atoms with Crippen LogP contribution in [0.4, 0.5) is 21.7 Å². The predicted molar refractivity (Wildman–Crippen MR) is 153 cm³/mol. The molecule has 37 heavy (non-hydrogen) atoms. The fourth-order valence-corrected chi connectivity index (χ4v) is 4.92. The standard InChI is InChI=1S/C28H32FN7S/c29-21-11-9-20(10-12-21)19-36-26-8-4-3-7-25(26)33-27(36)32-22-13-16-35(17-14-22)18-15-31-28(37)34-24-6-2-1-5-23(24)30/h1-12,22H,13-19,30H2,(H,32,33)(H2,31,34,37). The van der Waals surface area contributed by atoms with E-state index in [9.17, 15) is 4.39 Å². The molecule has 0 atom stereocenters. The van der Waals surface area contributed by atoms with E-state index in [2.05, 4.69) is 31.5 Å². The summed E-state index contributed by atoms with van der Waals surface area (Å²) in [5.41, 5.74) is 10.5. The number of rotatable bonds is 8. The number of para-hydroxylation sites is 4. The van der Waals surface area contributed by atoms with Gasteiger partial charge >= 0.3 is 0 Å². The molecule has 1 aliphatic heterocycles. The first-order valence-corrected chi connectivity index (χ1v) is 13.0. The third-order valence-corrected chi connectivity index (χ3v) is 7.00. The number of thiocarbonyl (C=S) groups is 1. The molecule has 1 fully saturated rings. The third-order valence-electron chi connectivity index (χ3n) is 6.75. The zero-order valence-electron chi connectivity index (χ0n) is 20.7. The number of nitrogens with one attached hydrogen (secondary N) is 3. The molecule has 5 N–H and O–H groups in total. The molecule has 0 radical (unpaired) electrons. The number of hydrogen-bond donors (Lipinski definition) is 4. The topological polar surface area (TPSA) is 83.2 Å². The van der Waals surface area contributed by atoms with Gasteiger partial charge in [-0.05, 0) is 67.0 Å². The summed E-state index contributed by atoms with van der Waals surface area (Å²) >= 11 is 5.41. The van der Waals surface area contributed by atoms with Crippen molar-refractivity contribution in [3.63, 3.8) is 0 Å². The first-order valence-electron chi connectivity index (χ1n) is 12.6. The Labute approximate surface area is 221 Å². The zero-order chi connectivity index (χ0) is 25.6. The minimum Gasteiger partial charge on any atom is -0.397 e. The lowest BCUT2D eigenvalue weighted by atomic mass is 10.1. The molecule has 1 aromatic heterocycles. The Morgan fingerprint density at radius 3 is 2.51 bits per heavy atom. The highest BCUT2D eigenvalue weighted by Crippen LogP contribution is 2.24. The van der Waals surface area contributed by atoms with Gasteiger partial charge in [0.15, 0.2) is 5.11 Å². The molecule has 1 saturated heterocycles. The predicted octanol–water partition coefficient (Wildman–Crippen LogP) is 4.67. The maximum absolute atomic E-state index is 13.4. The Kier molecular flexibility index (Phi) is 7.82. The molecule has 2 heterocycles. The van der Waals surface area contributed by atoms with Gasteiger partial charge in [-0.2, -0.15) is 0 Å². The lowest BCUT2D eigenvalue weighted by Gasteiger charge is -2.32. The minimum absolute atomic E-state index is 0.224. The van der Waals surface area contributed by atoms with Gasteiger partial charge in [-0.3, -0.25) is 0 Å². The molecule has 0 amide bonds. The number of halogens is 1. The van der Waals surface area contributed by atoms with Gasteiger partial charge in [0.2, 0.25) is 5.95 Å². The summed E-state index contributed by atoms with van der Waals surface area (Å²) < 4.78 is 15.6. The first-order chi connectivity index (χ1) is 18.0. The quantitative estimate of drug-likeness (QED) is 0.200. The Hall–Kier alpha value is -3.69. The van der Waals surface area contributed by atoms with E-state index >= 15 is 0 Å². The molecule has 1 aliphatic rings. The molecular weight excluding hydrogens is 485 g/mol. The summed E-state index contributed by atoms with van der Waals surface area (Å²) in [6, 6.07) is 22.7. The van der Waals surface area contributed by atoms with Gasteiger partial charge in [0.05, 0.1) is 29.0 Å². The Balaban J connectivity index is 1.13. The number of nitrogens with two attached hydrogens (primary N) is 1. The normalized spacial score (nSPS) is 14.5. The Bertz CT molecular complexity index is 1350. The average Bonchev–Trinajstić information content (AvgIpc) is 3.24. The number of anilines is 3. The van der Waals surface area contributed by atoms with Gasteiger partial charge < -0.3 is 31.2 Å². The first kappa shape index (κ1) is 25.0. The van der Waals surface area contributed by atoms with Crippen LogP contribution < -0.4 is 21.7 Å². The second-order valence-corrected chi connectivity index (χ2v) is 9.77. The van der Waals surface area contributed by atoms with Crippen molar-refractivity contribution >= 4 is 45.7 Å². The maximum atomic E-state index is 13.4. The van der Waals surface area contributed by atoms with Crippen LogP contribution in [0.3, 0.4) is 0 Å². The van der Waals surface area contributed by atoms with E-state index in [-0.39, 0.29) is 5.82 Å². The fraction of sp³-hybridized carbons (Fsp3) is 0.286. The van der Waals surface area contributed by atoms with Crippen LogP contribution in [0.1, 0.15) is 18.4 Å². The van der Waals surface area contributed by atoms with Crippen molar-refractivity contribution in [2.24, 2.45) is 0 Å². The van der Waals surface area contributed by atoms with Crippen molar-refractivity contribution < 1.29 is 4.39 Å². The molecule has 9 heteroatoms. The summed E-state index contributed by atoms with van der Waals surface area (Å²) in [4.78, 5) is 7.32. The summed E-state index contributed by atoms with van der Waals surface area (Å²) in [6.45, 7) is 4.33. The molecule has 7 nitrogen and oxygen atoms in total. The van der Waals surface area contributed by atoms with Crippen LogP contribution >= 0.6 is 12.2 Å². The molecule has 0 bridgehead atoms. The van der Waals surface area contributed by atoms with E-state index < -0.39 is 0 Å². The number of hydrogen-bond acceptors (Lipinski definition) is 5. The monoisotopic (exact) mass is 517 g/mol. The molecular formula is C28H32FN7S. The number of likely N-dealkylation sites (tertiary alicyclic amines) is 1. The third kappa shape index (κ3) is 6.36. The van der Waals surface area contributed by atoms with Gasteiger partial charge in [0.1, 0.15) is 5.82 Å². The van der Waals surface area contributed by atoms with Crippen LogP contribution in [0.2, 0.25) is 0 Å². The lowest BCUT2D eigenvalue weighted by Crippen LogP contribution is -2.43. The highest BCUT2D eigenvalue weighted by Gasteiger charge is 2.21. The van der Waals surface area contributed by atoms with E-state index in [0.717, 1.165) is 67.3 Å². The van der Waals surface area contributed by atoms with Crippen molar-refractivity contribution in [1.82, 2.24) is 19.8 Å². The Morgan fingerprint density at radius 2 is 1.73 bits per heavy atom. The second kappa shape index (κ2) is 11.6. The smallest absolute Gasteiger partial charge is 0.204 e. The van der Waals surface area contributed by atoms with Crippen LogP contribution in [-0.4, -0.2) is 51.8 Å². The largest absolute Gasteiger partial charge is 0.397 e. The van der Waals surface area contributed by atoms with Gasteiger partial charge in [0, 0.05) is 32.2 Å². The number of imidazole rings is 1. The Morgan fingerprint density at radius 1 is 1.00 bits per heavy atom. The van der Waals surface area contributed by atoms with Crippen molar-refractivity contribution in [2.45, 2.75) is 25.4 Å². The summed E-state index contributed by atoms with van der Waals surface area (Å²) in [6.07, 6.45) is 2.06. The highest BCUT2D eigenvalue weighted by molar-refractivity contribution is 7.80. The molecule has 0 spiro atoms. The van der Waals surface area contributed by atoms with E-state index in [1.807, 2.05) is 54.6 Å². The van der Waals surface area contributed by atoms with E-state index in [1.165, 1.54) is 12.1 Å². The molecule has 3 aromatic carbocycles. The van der Waals surface area contributed by atoms with Crippen LogP contribution in [0.5, 0.6) is 0 Å². The zero-order valence-corrected chi connectivity index (χ0v) is 21.5. The summed E-state index contributed by atoms with van der Waals surface area (Å²) in [5, 5.41) is 10.7. The number of piperidine rings is 1. The van der Waals surface area contributed by atoms with Crippen LogP contribution in [0, 0.1) is 5.82 Å². The van der Waals surface area contributed by atoms with E-state index in [0.29, 0.717) is 23.4 Å². The molecule has 4 aromatic rings. The van der Waals surface area contributed by atoms with Crippen molar-refractivity contribution in [2.75, 3.05) is 42.5 Å². The molecule has 192 valence electrons. The molecule has 0 aliphatic carbocycles. The van der Waals surface area contributed by atoms with Crippen LogP contribution in [0.25, 0.3) is 11.0 Å². The number of aromatic nitrogens is 2. The van der Waals surface area contributed by atoms with Crippen LogP contribution in [0.15, 0.2) is 72.8 Å². The van der Waals surface area contributed by atoms with Gasteiger partial charge in [-0.15, -0.1) is 0 Å². The number of fused-ring (bicyclic) bond motifs is 1. The van der Waals surface area contributed by atoms with Gasteiger partial charge in [-0.1, -0.05) is 36.4 Å². The van der Waals surface area contributed by atoms with E-state index in [4.69, 9.17) is 22.9 Å². The molecule has 0 unspecified atom stereocenters. The van der Waals surface area contributed by atoms with Crippen LogP contribution in [-0.2, 0) is 6.54 Å². The average molecular weight is 518 g/mol. The minimum atomic E-state index is -0.224. The second-order valence-electron chi connectivity index (χ2n) is 9.37. The molecule has 0 saturated carbocycles. The van der Waals surface area contributed by atoms with E-state index in [1.54, 1.807) is 0 Å². The number of nitrogens with zero attached hydrogens (tertiary/aromatic N) is 3. The summed E-state index contributed by atoms with van der Waals surface area (Å²) in [7, 11) is 0. The fourth-order valence-electron chi connectivity index (χ4n) is 4.71. The van der Waals surface area contributed by atoms with Crippen molar-refractivity contribution in [1.29, 1.82) is 0 Å². The van der Waals surface area contributed by atoms with Gasteiger partial charge in [0.25, 0.3) is 0 Å². The summed E-state index contributed by atoms with van der Waals surface area (Å²) in [5.74, 6) is 0.640. The maximum Gasteiger partial charge on any atom is 0.204 e. The van der Waals surface area contributed by atoms with Crippen molar-refractivity contribution in [3.05, 3.63) is 84.2 Å². The number of benzene rings is 3. The lowest BCUT2D eigenvalue weighted by molar-refractivity contribution is 0.222. The van der Waals surface area contributed by atoms with Crippen molar-refractivity contribution in [3.8, 4) is 0 Å². The highest BCUT2D eigenvalue weighted by atomic mass is 32.1. The molecule has 5 rings (SSSR count). The SMILES string of the molecule is Nc1ccccc1NC(=S)NCCN1CCC(Nc2nc3ccccc3n2Cc2ccc(F)cc2)CC1. The number of nitrogen functional groups attached to an aromatic ring is 1. The van der Waals surface area contributed by atoms with Gasteiger partial charge in [-0.25, -0.2) is 9.37 Å².